The smallest absolute Gasteiger partial charge is 0.299 e. The van der Waals surface area contributed by atoms with Crippen LogP contribution in [-0.2, 0) is 11.2 Å². The molecule has 0 unspecified atom stereocenters. The second-order valence-electron chi connectivity index (χ2n) is 6.77. The largest absolute Gasteiger partial charge is 0.423 e. The number of aryl methyl sites for hydroxylation is 1. The number of pyridine rings is 1. The van der Waals surface area contributed by atoms with E-state index >= 15 is 0 Å². The number of nitrogens with one attached hydrogen (secondary N) is 2. The predicted molar refractivity (Wildman–Crippen MR) is 113 cm³/mol. The second kappa shape index (κ2) is 8.57. The molecule has 30 heavy (non-hydrogen) atoms. The van der Waals surface area contributed by atoms with Crippen LogP contribution in [0.15, 0.2) is 77.6 Å². The fraction of sp³-hybridized carbons (Fsp3) is 0.0870. The van der Waals surface area contributed by atoms with Crippen LogP contribution in [0, 0.1) is 12.7 Å². The summed E-state index contributed by atoms with van der Waals surface area (Å²) in [6, 6.07) is 15.4. The maximum Gasteiger partial charge on any atom is 0.299 e. The van der Waals surface area contributed by atoms with Gasteiger partial charge in [0.15, 0.2) is 5.76 Å². The number of halogens is 1. The molecule has 0 saturated carbocycles. The summed E-state index contributed by atoms with van der Waals surface area (Å²) in [5, 5.41) is 6.00. The van der Waals surface area contributed by atoms with Gasteiger partial charge in [-0.15, -0.1) is 0 Å². The van der Waals surface area contributed by atoms with E-state index in [0.717, 1.165) is 22.4 Å². The van der Waals surface area contributed by atoms with Gasteiger partial charge in [-0.05, 0) is 54.4 Å². The minimum Gasteiger partial charge on any atom is -0.423 e. The lowest BCUT2D eigenvalue weighted by Crippen LogP contribution is -2.14. The van der Waals surface area contributed by atoms with E-state index in [4.69, 9.17) is 4.42 Å². The van der Waals surface area contributed by atoms with Crippen LogP contribution in [0.4, 0.5) is 21.8 Å². The SMILES string of the molecule is Cc1ccc(NC(=O)Cc2ccc(F)cc2)cc1Nc1ncc(-c2ccncc2)o1. The number of anilines is 3. The standard InChI is InChI=1S/C23H19FN4O2/c1-15-2-7-19(27-22(29)12-16-3-5-18(24)6-4-16)13-20(15)28-23-26-14-21(30-23)17-8-10-25-11-9-17/h2-11,13-14H,12H2,1H3,(H,26,28)(H,27,29). The van der Waals surface area contributed by atoms with Gasteiger partial charge in [0.2, 0.25) is 5.91 Å². The second-order valence-corrected chi connectivity index (χ2v) is 6.77. The lowest BCUT2D eigenvalue weighted by atomic mass is 10.1. The van der Waals surface area contributed by atoms with E-state index < -0.39 is 0 Å². The highest BCUT2D eigenvalue weighted by molar-refractivity contribution is 5.93. The van der Waals surface area contributed by atoms with Crippen LogP contribution in [0.1, 0.15) is 11.1 Å². The summed E-state index contributed by atoms with van der Waals surface area (Å²) in [5.74, 6) is 0.112. The third-order valence-electron chi connectivity index (χ3n) is 4.51. The van der Waals surface area contributed by atoms with Crippen molar-refractivity contribution in [2.24, 2.45) is 0 Å². The van der Waals surface area contributed by atoms with Crippen molar-refractivity contribution in [3.8, 4) is 11.3 Å². The van der Waals surface area contributed by atoms with Gasteiger partial charge in [-0.2, -0.15) is 0 Å². The van der Waals surface area contributed by atoms with Crippen LogP contribution in [0.2, 0.25) is 0 Å². The predicted octanol–water partition coefficient (Wildman–Crippen LogP) is 5.11. The summed E-state index contributed by atoms with van der Waals surface area (Å²) in [7, 11) is 0. The zero-order valence-electron chi connectivity index (χ0n) is 16.2. The van der Waals surface area contributed by atoms with Crippen molar-refractivity contribution in [3.05, 3.63) is 90.1 Å². The molecular weight excluding hydrogens is 383 g/mol. The molecule has 0 radical (unpaired) electrons. The quantitative estimate of drug-likeness (QED) is 0.469. The zero-order valence-corrected chi connectivity index (χ0v) is 16.2. The van der Waals surface area contributed by atoms with Crippen molar-refractivity contribution in [1.29, 1.82) is 0 Å². The van der Waals surface area contributed by atoms with Gasteiger partial charge in [-0.1, -0.05) is 18.2 Å². The molecule has 0 aliphatic rings. The molecule has 0 atom stereocenters. The highest BCUT2D eigenvalue weighted by atomic mass is 19.1. The number of carbonyl (C=O) groups is 1. The van der Waals surface area contributed by atoms with Gasteiger partial charge in [0.05, 0.1) is 12.6 Å². The Balaban J connectivity index is 1.45. The van der Waals surface area contributed by atoms with Crippen LogP contribution in [-0.4, -0.2) is 15.9 Å². The first-order valence-electron chi connectivity index (χ1n) is 9.35. The monoisotopic (exact) mass is 402 g/mol. The molecule has 0 aliphatic carbocycles. The van der Waals surface area contributed by atoms with Gasteiger partial charge in [0.1, 0.15) is 5.82 Å². The van der Waals surface area contributed by atoms with Crippen LogP contribution < -0.4 is 10.6 Å². The van der Waals surface area contributed by atoms with Gasteiger partial charge >= 0.3 is 0 Å². The summed E-state index contributed by atoms with van der Waals surface area (Å²) >= 11 is 0. The van der Waals surface area contributed by atoms with Crippen LogP contribution >= 0.6 is 0 Å². The summed E-state index contributed by atoms with van der Waals surface area (Å²) in [4.78, 5) is 20.6. The first-order chi connectivity index (χ1) is 14.6. The van der Waals surface area contributed by atoms with Crippen molar-refractivity contribution in [1.82, 2.24) is 9.97 Å². The third-order valence-corrected chi connectivity index (χ3v) is 4.51. The zero-order chi connectivity index (χ0) is 20.9. The average molecular weight is 402 g/mol. The van der Waals surface area contributed by atoms with Crippen molar-refractivity contribution >= 4 is 23.3 Å². The summed E-state index contributed by atoms with van der Waals surface area (Å²) in [6.07, 6.45) is 5.17. The van der Waals surface area contributed by atoms with Crippen LogP contribution in [0.3, 0.4) is 0 Å². The molecule has 2 aromatic carbocycles. The molecule has 2 aromatic heterocycles. The lowest BCUT2D eigenvalue weighted by Gasteiger charge is -2.10. The van der Waals surface area contributed by atoms with E-state index in [9.17, 15) is 9.18 Å². The summed E-state index contributed by atoms with van der Waals surface area (Å²) in [6.45, 7) is 1.94. The van der Waals surface area contributed by atoms with E-state index in [0.29, 0.717) is 17.5 Å². The molecule has 4 aromatic rings. The Morgan fingerprint density at radius 1 is 1.07 bits per heavy atom. The lowest BCUT2D eigenvalue weighted by molar-refractivity contribution is -0.115. The summed E-state index contributed by atoms with van der Waals surface area (Å²) in [5.41, 5.74) is 3.98. The van der Waals surface area contributed by atoms with Gasteiger partial charge in [-0.3, -0.25) is 9.78 Å². The van der Waals surface area contributed by atoms with Gasteiger partial charge < -0.3 is 15.1 Å². The van der Waals surface area contributed by atoms with E-state index in [-0.39, 0.29) is 18.1 Å². The first kappa shape index (κ1) is 19.3. The number of carbonyl (C=O) groups excluding carboxylic acids is 1. The maximum atomic E-state index is 13.0. The van der Waals surface area contributed by atoms with Crippen molar-refractivity contribution in [2.45, 2.75) is 13.3 Å². The number of hydrogen-bond acceptors (Lipinski definition) is 5. The van der Waals surface area contributed by atoms with Gasteiger partial charge in [0.25, 0.3) is 6.01 Å². The average Bonchev–Trinajstić information content (AvgIpc) is 3.21. The minimum atomic E-state index is -0.327. The van der Waals surface area contributed by atoms with E-state index in [1.165, 1.54) is 12.1 Å². The highest BCUT2D eigenvalue weighted by Crippen LogP contribution is 2.27. The Kier molecular flexibility index (Phi) is 5.52. The van der Waals surface area contributed by atoms with Crippen molar-refractivity contribution < 1.29 is 13.6 Å². The molecule has 7 heteroatoms. The van der Waals surface area contributed by atoms with Crippen molar-refractivity contribution in [2.75, 3.05) is 10.6 Å². The Morgan fingerprint density at radius 3 is 2.60 bits per heavy atom. The molecule has 0 fully saturated rings. The van der Waals surface area contributed by atoms with Crippen LogP contribution in [0.25, 0.3) is 11.3 Å². The topological polar surface area (TPSA) is 80.0 Å². The third kappa shape index (κ3) is 4.70. The number of rotatable bonds is 6. The molecule has 6 nitrogen and oxygen atoms in total. The molecule has 0 spiro atoms. The Morgan fingerprint density at radius 2 is 1.83 bits per heavy atom. The fourth-order valence-electron chi connectivity index (χ4n) is 2.92. The Labute approximate surface area is 172 Å². The Bertz CT molecular complexity index is 1160. The molecule has 2 heterocycles. The van der Waals surface area contributed by atoms with Gasteiger partial charge in [-0.25, -0.2) is 9.37 Å². The first-order valence-corrected chi connectivity index (χ1v) is 9.35. The molecule has 1 amide bonds. The Hall–Kier alpha value is -4.00. The van der Waals surface area contributed by atoms with Gasteiger partial charge in [0, 0.05) is 29.3 Å². The highest BCUT2D eigenvalue weighted by Gasteiger charge is 2.10. The number of nitrogens with zero attached hydrogens (tertiary/aromatic N) is 2. The van der Waals surface area contributed by atoms with E-state index in [1.54, 1.807) is 30.7 Å². The molecular formula is C23H19FN4O2. The summed E-state index contributed by atoms with van der Waals surface area (Å²) < 4.78 is 18.8. The van der Waals surface area contributed by atoms with E-state index in [1.807, 2.05) is 37.3 Å². The number of oxazole rings is 1. The number of benzene rings is 2. The molecule has 0 saturated heterocycles. The number of hydrogen-bond donors (Lipinski definition) is 2. The molecule has 0 bridgehead atoms. The normalized spacial score (nSPS) is 10.6. The maximum absolute atomic E-state index is 13.0. The number of amides is 1. The fourth-order valence-corrected chi connectivity index (χ4v) is 2.92. The van der Waals surface area contributed by atoms with Crippen LogP contribution in [0.5, 0.6) is 0 Å². The molecule has 150 valence electrons. The minimum absolute atomic E-state index is 0.159. The molecule has 0 aliphatic heterocycles. The van der Waals surface area contributed by atoms with E-state index in [2.05, 4.69) is 20.6 Å². The molecule has 2 N–H and O–H groups in total. The van der Waals surface area contributed by atoms with Crippen molar-refractivity contribution in [3.63, 3.8) is 0 Å². The molecule has 4 rings (SSSR count). The number of aromatic nitrogens is 2.